The molecule has 1 aromatic carbocycles. The Morgan fingerprint density at radius 1 is 1.50 bits per heavy atom. The first-order valence-corrected chi connectivity index (χ1v) is 6.08. The van der Waals surface area contributed by atoms with Crippen molar-refractivity contribution in [3.63, 3.8) is 0 Å². The van der Waals surface area contributed by atoms with Gasteiger partial charge in [0, 0.05) is 5.54 Å². The lowest BCUT2D eigenvalue weighted by Crippen LogP contribution is -2.38. The van der Waals surface area contributed by atoms with Crippen molar-refractivity contribution in [2.24, 2.45) is 0 Å². The molecule has 1 saturated heterocycles. The molecular weight excluding hydrogens is 222 g/mol. The van der Waals surface area contributed by atoms with E-state index in [0.717, 1.165) is 18.7 Å². The Labute approximate surface area is 102 Å². The van der Waals surface area contributed by atoms with E-state index in [1.54, 1.807) is 7.11 Å². The fourth-order valence-electron chi connectivity index (χ4n) is 2.38. The summed E-state index contributed by atoms with van der Waals surface area (Å²) in [5.74, 6) is 0.745. The summed E-state index contributed by atoms with van der Waals surface area (Å²) in [6, 6.07) is 6.04. The minimum absolute atomic E-state index is 0.234. The van der Waals surface area contributed by atoms with Crippen LogP contribution < -0.4 is 10.1 Å². The van der Waals surface area contributed by atoms with Crippen LogP contribution in [0.3, 0.4) is 0 Å². The Bertz CT molecular complexity index is 372. The van der Waals surface area contributed by atoms with Crippen LogP contribution in [-0.2, 0) is 6.42 Å². The van der Waals surface area contributed by atoms with E-state index in [1.807, 2.05) is 12.1 Å². The van der Waals surface area contributed by atoms with Gasteiger partial charge in [-0.05, 0) is 50.4 Å². The molecule has 3 heteroatoms. The van der Waals surface area contributed by atoms with E-state index in [4.69, 9.17) is 16.3 Å². The van der Waals surface area contributed by atoms with Crippen molar-refractivity contribution in [1.29, 1.82) is 0 Å². The van der Waals surface area contributed by atoms with Gasteiger partial charge in [0.1, 0.15) is 5.75 Å². The van der Waals surface area contributed by atoms with Crippen LogP contribution in [0.4, 0.5) is 0 Å². The molecule has 1 unspecified atom stereocenters. The summed E-state index contributed by atoms with van der Waals surface area (Å²) in [5, 5.41) is 4.25. The molecule has 0 bridgehead atoms. The lowest BCUT2D eigenvalue weighted by Gasteiger charge is -2.24. The third-order valence-electron chi connectivity index (χ3n) is 3.27. The second kappa shape index (κ2) is 4.64. The topological polar surface area (TPSA) is 21.3 Å². The number of rotatable bonds is 3. The molecule has 1 heterocycles. The number of halogens is 1. The maximum atomic E-state index is 6.11. The summed E-state index contributed by atoms with van der Waals surface area (Å²) >= 11 is 6.11. The van der Waals surface area contributed by atoms with Crippen molar-refractivity contribution >= 4 is 11.6 Å². The van der Waals surface area contributed by atoms with Gasteiger partial charge in [-0.25, -0.2) is 0 Å². The van der Waals surface area contributed by atoms with E-state index in [1.165, 1.54) is 18.4 Å². The summed E-state index contributed by atoms with van der Waals surface area (Å²) in [5.41, 5.74) is 1.50. The molecule has 0 saturated carbocycles. The number of hydrogen-bond acceptors (Lipinski definition) is 2. The van der Waals surface area contributed by atoms with E-state index in [9.17, 15) is 0 Å². The van der Waals surface area contributed by atoms with Crippen LogP contribution >= 0.6 is 11.6 Å². The molecule has 1 aliphatic heterocycles. The summed E-state index contributed by atoms with van der Waals surface area (Å²) in [4.78, 5) is 0. The highest BCUT2D eigenvalue weighted by Gasteiger charge is 2.28. The number of methoxy groups -OCH3 is 1. The van der Waals surface area contributed by atoms with Gasteiger partial charge in [-0.2, -0.15) is 0 Å². The minimum atomic E-state index is 0.234. The lowest BCUT2D eigenvalue weighted by atomic mass is 9.91. The smallest absolute Gasteiger partial charge is 0.137 e. The van der Waals surface area contributed by atoms with Crippen LogP contribution in [0.2, 0.25) is 5.02 Å². The van der Waals surface area contributed by atoms with Crippen LogP contribution in [0.5, 0.6) is 5.75 Å². The van der Waals surface area contributed by atoms with Crippen molar-refractivity contribution in [2.75, 3.05) is 13.7 Å². The number of ether oxygens (including phenoxy) is 1. The summed E-state index contributed by atoms with van der Waals surface area (Å²) < 4.78 is 5.15. The zero-order valence-corrected chi connectivity index (χ0v) is 10.6. The highest BCUT2D eigenvalue weighted by molar-refractivity contribution is 6.32. The zero-order chi connectivity index (χ0) is 11.6. The molecule has 0 aromatic heterocycles. The van der Waals surface area contributed by atoms with E-state index >= 15 is 0 Å². The number of hydrogen-bond donors (Lipinski definition) is 1. The molecule has 1 aliphatic rings. The zero-order valence-electron chi connectivity index (χ0n) is 9.85. The second-order valence-electron chi connectivity index (χ2n) is 4.74. The van der Waals surface area contributed by atoms with Crippen LogP contribution in [0.1, 0.15) is 25.3 Å². The van der Waals surface area contributed by atoms with Gasteiger partial charge in [-0.1, -0.05) is 17.7 Å². The minimum Gasteiger partial charge on any atom is -0.495 e. The highest BCUT2D eigenvalue weighted by Crippen LogP contribution is 2.29. The molecule has 1 aromatic rings. The monoisotopic (exact) mass is 239 g/mol. The predicted molar refractivity (Wildman–Crippen MR) is 67.3 cm³/mol. The maximum absolute atomic E-state index is 6.11. The Morgan fingerprint density at radius 3 is 2.88 bits per heavy atom. The number of nitrogens with one attached hydrogen (secondary N) is 1. The fourth-order valence-corrected chi connectivity index (χ4v) is 2.66. The van der Waals surface area contributed by atoms with Crippen molar-refractivity contribution in [3.8, 4) is 5.75 Å². The van der Waals surface area contributed by atoms with Gasteiger partial charge in [0.2, 0.25) is 0 Å². The van der Waals surface area contributed by atoms with Crippen LogP contribution in [0.25, 0.3) is 0 Å². The molecular formula is C13H18ClNO. The Morgan fingerprint density at radius 2 is 2.31 bits per heavy atom. The van der Waals surface area contributed by atoms with Gasteiger partial charge in [0.25, 0.3) is 0 Å². The van der Waals surface area contributed by atoms with Crippen molar-refractivity contribution < 1.29 is 4.74 Å². The van der Waals surface area contributed by atoms with Gasteiger partial charge in [0.15, 0.2) is 0 Å². The quantitative estimate of drug-likeness (QED) is 0.876. The van der Waals surface area contributed by atoms with Crippen molar-refractivity contribution in [1.82, 2.24) is 5.32 Å². The fraction of sp³-hybridized carbons (Fsp3) is 0.538. The largest absolute Gasteiger partial charge is 0.495 e. The van der Waals surface area contributed by atoms with Crippen molar-refractivity contribution in [2.45, 2.75) is 31.7 Å². The Balaban J connectivity index is 2.13. The molecule has 16 heavy (non-hydrogen) atoms. The van der Waals surface area contributed by atoms with Gasteiger partial charge < -0.3 is 10.1 Å². The summed E-state index contributed by atoms with van der Waals surface area (Å²) in [6.07, 6.45) is 3.52. The molecule has 2 rings (SSSR count). The predicted octanol–water partition coefficient (Wildman–Crippen LogP) is 3.03. The SMILES string of the molecule is COc1ccc(CC2(C)CCCN2)cc1Cl. The van der Waals surface area contributed by atoms with Crippen LogP contribution in [-0.4, -0.2) is 19.2 Å². The molecule has 0 aliphatic carbocycles. The Hall–Kier alpha value is -0.730. The summed E-state index contributed by atoms with van der Waals surface area (Å²) in [7, 11) is 1.64. The highest BCUT2D eigenvalue weighted by atomic mass is 35.5. The molecule has 2 nitrogen and oxygen atoms in total. The van der Waals surface area contributed by atoms with E-state index in [2.05, 4.69) is 18.3 Å². The van der Waals surface area contributed by atoms with Gasteiger partial charge >= 0.3 is 0 Å². The normalized spacial score (nSPS) is 24.7. The molecule has 1 atom stereocenters. The standard InChI is InChI=1S/C13H18ClNO/c1-13(6-3-7-15-13)9-10-4-5-12(16-2)11(14)8-10/h4-5,8,15H,3,6-7,9H2,1-2H3. The second-order valence-corrected chi connectivity index (χ2v) is 5.14. The van der Waals surface area contributed by atoms with Gasteiger partial charge in [0.05, 0.1) is 12.1 Å². The third-order valence-corrected chi connectivity index (χ3v) is 3.56. The van der Waals surface area contributed by atoms with Gasteiger partial charge in [-0.3, -0.25) is 0 Å². The molecule has 88 valence electrons. The Kier molecular flexibility index (Phi) is 3.41. The maximum Gasteiger partial charge on any atom is 0.137 e. The molecule has 0 radical (unpaired) electrons. The molecule has 1 fully saturated rings. The molecule has 0 spiro atoms. The third kappa shape index (κ3) is 2.50. The first-order chi connectivity index (χ1) is 7.63. The summed E-state index contributed by atoms with van der Waals surface area (Å²) in [6.45, 7) is 3.40. The average molecular weight is 240 g/mol. The number of benzene rings is 1. The van der Waals surface area contributed by atoms with Gasteiger partial charge in [-0.15, -0.1) is 0 Å². The first-order valence-electron chi connectivity index (χ1n) is 5.70. The van der Waals surface area contributed by atoms with Crippen LogP contribution in [0, 0.1) is 0 Å². The molecule has 0 amide bonds. The van der Waals surface area contributed by atoms with E-state index in [0.29, 0.717) is 5.02 Å². The van der Waals surface area contributed by atoms with Crippen LogP contribution in [0.15, 0.2) is 18.2 Å². The first kappa shape index (κ1) is 11.7. The average Bonchev–Trinajstić information content (AvgIpc) is 2.65. The van der Waals surface area contributed by atoms with Crippen molar-refractivity contribution in [3.05, 3.63) is 28.8 Å². The molecule has 1 N–H and O–H groups in total. The van der Waals surface area contributed by atoms with E-state index in [-0.39, 0.29) is 5.54 Å². The van der Waals surface area contributed by atoms with E-state index < -0.39 is 0 Å². The lowest BCUT2D eigenvalue weighted by molar-refractivity contribution is 0.408.